The minimum Gasteiger partial charge on any atom is -0.465 e. The molecule has 0 saturated carbocycles. The summed E-state index contributed by atoms with van der Waals surface area (Å²) in [6, 6.07) is 9.57. The summed E-state index contributed by atoms with van der Waals surface area (Å²) in [7, 11) is 1.62. The van der Waals surface area contributed by atoms with Crippen LogP contribution in [0.3, 0.4) is 0 Å². The number of aliphatic hydroxyl groups excluding tert-OH is 2. The van der Waals surface area contributed by atoms with Gasteiger partial charge in [0.05, 0.1) is 23.5 Å². The zero-order valence-corrected chi connectivity index (χ0v) is 14.2. The smallest absolute Gasteiger partial charge is 0.407 e. The van der Waals surface area contributed by atoms with Gasteiger partial charge in [0, 0.05) is 31.6 Å². The molecule has 1 amide bonds. The van der Waals surface area contributed by atoms with Crippen LogP contribution in [0.5, 0.6) is 0 Å². The molecule has 25 heavy (non-hydrogen) atoms. The Morgan fingerprint density at radius 1 is 1.32 bits per heavy atom. The molecule has 2 heterocycles. The molecule has 1 atom stereocenters. The van der Waals surface area contributed by atoms with Crippen molar-refractivity contribution in [3.63, 3.8) is 0 Å². The van der Waals surface area contributed by atoms with E-state index in [0.717, 1.165) is 42.5 Å². The van der Waals surface area contributed by atoms with Gasteiger partial charge in [0.15, 0.2) is 0 Å². The number of hydrogen-bond acceptors (Lipinski definition) is 5. The van der Waals surface area contributed by atoms with E-state index in [0.29, 0.717) is 5.69 Å². The number of rotatable bonds is 4. The van der Waals surface area contributed by atoms with Gasteiger partial charge < -0.3 is 25.1 Å². The molecule has 3 N–H and O–H groups in total. The molecule has 1 aromatic heterocycles. The highest BCUT2D eigenvalue weighted by Crippen LogP contribution is 2.29. The number of piperidine rings is 1. The Balaban J connectivity index is 1.85. The van der Waals surface area contributed by atoms with Gasteiger partial charge in [0.25, 0.3) is 0 Å². The van der Waals surface area contributed by atoms with Gasteiger partial charge in [-0.15, -0.1) is 0 Å². The Morgan fingerprint density at radius 2 is 2.04 bits per heavy atom. The Hall–Kier alpha value is -2.38. The van der Waals surface area contributed by atoms with E-state index in [1.807, 2.05) is 24.3 Å². The van der Waals surface area contributed by atoms with Crippen LogP contribution in [0, 0.1) is 0 Å². The van der Waals surface area contributed by atoms with Crippen molar-refractivity contribution in [3.05, 3.63) is 36.0 Å². The van der Waals surface area contributed by atoms with Crippen LogP contribution in [0.25, 0.3) is 10.9 Å². The molecule has 7 nitrogen and oxygen atoms in total. The van der Waals surface area contributed by atoms with E-state index in [1.54, 1.807) is 13.1 Å². The number of carbonyl (C=O) groups is 1. The maximum atomic E-state index is 11.1. The standard InChI is InChI=1S/C18H23N3O4/c1-20(18(24)25)13-7-9-21(10-8-13)15-4-2-3-12-5-6-14(16(23)11-22)19-17(12)15/h2-6,13,16,22-23H,7-11H2,1H3,(H,24,25). The first kappa shape index (κ1) is 17.4. The average molecular weight is 345 g/mol. The lowest BCUT2D eigenvalue weighted by Crippen LogP contribution is -2.45. The van der Waals surface area contributed by atoms with E-state index >= 15 is 0 Å². The largest absolute Gasteiger partial charge is 0.465 e. The fourth-order valence-corrected chi connectivity index (χ4v) is 3.33. The first-order chi connectivity index (χ1) is 12.0. The number of aliphatic hydroxyl groups is 2. The Kier molecular flexibility index (Phi) is 5.06. The van der Waals surface area contributed by atoms with Crippen LogP contribution in [-0.2, 0) is 0 Å². The third-order valence-electron chi connectivity index (χ3n) is 4.89. The molecule has 2 aromatic rings. The minimum absolute atomic E-state index is 0.0310. The van der Waals surface area contributed by atoms with Crippen LogP contribution >= 0.6 is 0 Å². The predicted octanol–water partition coefficient (Wildman–Crippen LogP) is 1.84. The summed E-state index contributed by atoms with van der Waals surface area (Å²) < 4.78 is 0. The van der Waals surface area contributed by atoms with Gasteiger partial charge in [-0.2, -0.15) is 0 Å². The lowest BCUT2D eigenvalue weighted by molar-refractivity contribution is 0.0925. The van der Waals surface area contributed by atoms with Crippen molar-refractivity contribution in [2.75, 3.05) is 31.6 Å². The van der Waals surface area contributed by atoms with Gasteiger partial charge in [-0.25, -0.2) is 9.78 Å². The van der Waals surface area contributed by atoms with Crippen LogP contribution in [0.15, 0.2) is 30.3 Å². The summed E-state index contributed by atoms with van der Waals surface area (Å²) in [6.07, 6.45) is -0.364. The molecule has 7 heteroatoms. The zero-order valence-electron chi connectivity index (χ0n) is 14.2. The molecule has 1 saturated heterocycles. The summed E-state index contributed by atoms with van der Waals surface area (Å²) in [5, 5.41) is 29.1. The van der Waals surface area contributed by atoms with Crippen LogP contribution in [0.1, 0.15) is 24.6 Å². The van der Waals surface area contributed by atoms with Crippen molar-refractivity contribution in [2.45, 2.75) is 25.0 Å². The van der Waals surface area contributed by atoms with Crippen molar-refractivity contribution in [2.24, 2.45) is 0 Å². The van der Waals surface area contributed by atoms with Crippen molar-refractivity contribution < 1.29 is 20.1 Å². The Bertz CT molecular complexity index is 759. The average Bonchev–Trinajstić information content (AvgIpc) is 2.66. The molecule has 0 spiro atoms. The van der Waals surface area contributed by atoms with Crippen molar-refractivity contribution in [3.8, 4) is 0 Å². The van der Waals surface area contributed by atoms with Gasteiger partial charge >= 0.3 is 6.09 Å². The number of benzene rings is 1. The predicted molar refractivity (Wildman–Crippen MR) is 94.8 cm³/mol. The summed E-state index contributed by atoms with van der Waals surface area (Å²) in [4.78, 5) is 19.2. The highest BCUT2D eigenvalue weighted by molar-refractivity contribution is 5.91. The van der Waals surface area contributed by atoms with Gasteiger partial charge in [0.1, 0.15) is 6.10 Å². The molecule has 0 bridgehead atoms. The SMILES string of the molecule is CN(C(=O)O)C1CCN(c2cccc3ccc(C(O)CO)nc23)CC1. The van der Waals surface area contributed by atoms with E-state index in [1.165, 1.54) is 4.90 Å². The summed E-state index contributed by atoms with van der Waals surface area (Å²) in [5.74, 6) is 0. The number of amides is 1. The van der Waals surface area contributed by atoms with Gasteiger partial charge in [-0.05, 0) is 25.0 Å². The molecule has 0 aliphatic carbocycles. The van der Waals surface area contributed by atoms with Gasteiger partial charge in [-0.1, -0.05) is 18.2 Å². The molecular weight excluding hydrogens is 322 g/mol. The number of pyridine rings is 1. The monoisotopic (exact) mass is 345 g/mol. The van der Waals surface area contributed by atoms with Crippen LogP contribution in [-0.4, -0.2) is 64.1 Å². The number of fused-ring (bicyclic) bond motifs is 1. The second kappa shape index (κ2) is 7.25. The molecule has 0 radical (unpaired) electrons. The summed E-state index contributed by atoms with van der Waals surface area (Å²) in [6.45, 7) is 1.12. The fraction of sp³-hybridized carbons (Fsp3) is 0.444. The van der Waals surface area contributed by atoms with E-state index < -0.39 is 12.2 Å². The van der Waals surface area contributed by atoms with Crippen molar-refractivity contribution >= 4 is 22.7 Å². The van der Waals surface area contributed by atoms with Crippen LogP contribution < -0.4 is 4.90 Å². The molecule has 1 aliphatic heterocycles. The Morgan fingerprint density at radius 3 is 2.68 bits per heavy atom. The second-order valence-electron chi connectivity index (χ2n) is 6.40. The third-order valence-corrected chi connectivity index (χ3v) is 4.89. The van der Waals surface area contributed by atoms with E-state index in [9.17, 15) is 9.90 Å². The van der Waals surface area contributed by atoms with E-state index in [2.05, 4.69) is 9.88 Å². The molecular formula is C18H23N3O4. The van der Waals surface area contributed by atoms with Gasteiger partial charge in [-0.3, -0.25) is 0 Å². The molecule has 134 valence electrons. The molecule has 3 rings (SSSR count). The van der Waals surface area contributed by atoms with E-state index in [4.69, 9.17) is 10.2 Å². The van der Waals surface area contributed by atoms with Crippen LogP contribution in [0.2, 0.25) is 0 Å². The van der Waals surface area contributed by atoms with E-state index in [-0.39, 0.29) is 12.6 Å². The number of hydrogen-bond donors (Lipinski definition) is 3. The zero-order chi connectivity index (χ0) is 18.0. The first-order valence-corrected chi connectivity index (χ1v) is 8.40. The lowest BCUT2D eigenvalue weighted by Gasteiger charge is -2.37. The number of carboxylic acid groups (broad SMARTS) is 1. The highest BCUT2D eigenvalue weighted by atomic mass is 16.4. The second-order valence-corrected chi connectivity index (χ2v) is 6.40. The van der Waals surface area contributed by atoms with Gasteiger partial charge in [0.2, 0.25) is 0 Å². The summed E-state index contributed by atoms with van der Waals surface area (Å²) in [5.41, 5.74) is 2.21. The third kappa shape index (κ3) is 3.52. The number of para-hydroxylation sites is 1. The number of aromatic nitrogens is 1. The quantitative estimate of drug-likeness (QED) is 0.782. The molecule has 1 fully saturated rings. The first-order valence-electron chi connectivity index (χ1n) is 8.40. The fourth-order valence-electron chi connectivity index (χ4n) is 3.33. The lowest BCUT2D eigenvalue weighted by atomic mass is 10.0. The Labute approximate surface area is 146 Å². The maximum absolute atomic E-state index is 11.1. The topological polar surface area (TPSA) is 97.1 Å². The summed E-state index contributed by atoms with van der Waals surface area (Å²) >= 11 is 0. The van der Waals surface area contributed by atoms with Crippen molar-refractivity contribution in [1.29, 1.82) is 0 Å². The highest BCUT2D eigenvalue weighted by Gasteiger charge is 2.26. The molecule has 1 aromatic carbocycles. The molecule has 1 unspecified atom stereocenters. The van der Waals surface area contributed by atoms with Crippen molar-refractivity contribution in [1.82, 2.24) is 9.88 Å². The molecule has 1 aliphatic rings. The minimum atomic E-state index is -0.993. The van der Waals surface area contributed by atoms with Crippen LogP contribution in [0.4, 0.5) is 10.5 Å². The maximum Gasteiger partial charge on any atom is 0.407 e. The number of anilines is 1. The normalized spacial score (nSPS) is 16.8. The number of nitrogens with zero attached hydrogens (tertiary/aromatic N) is 3.